The maximum absolute atomic E-state index is 12.0. The second kappa shape index (κ2) is 6.29. The Kier molecular flexibility index (Phi) is 4.70. The molecule has 19 heavy (non-hydrogen) atoms. The predicted molar refractivity (Wildman–Crippen MR) is 71.1 cm³/mol. The number of ether oxygens (including phenoxy) is 1. The molecule has 8 heteroatoms. The molecule has 0 aliphatic carbocycles. The molecule has 1 fully saturated rings. The Hall–Kier alpha value is -1.22. The molecule has 7 nitrogen and oxygen atoms in total. The Balaban J connectivity index is 1.85. The Labute approximate surface area is 112 Å². The first-order valence-electron chi connectivity index (χ1n) is 6.09. The van der Waals surface area contributed by atoms with Crippen molar-refractivity contribution in [2.24, 2.45) is 0 Å². The lowest BCUT2D eigenvalue weighted by atomic mass is 10.4. The summed E-state index contributed by atoms with van der Waals surface area (Å²) in [6, 6.07) is 2.91. The highest BCUT2D eigenvalue weighted by Crippen LogP contribution is 2.08. The average molecular weight is 286 g/mol. The molecule has 2 heterocycles. The van der Waals surface area contributed by atoms with Crippen molar-refractivity contribution in [3.63, 3.8) is 0 Å². The number of rotatable bonds is 5. The molecule has 2 rings (SSSR count). The summed E-state index contributed by atoms with van der Waals surface area (Å²) in [5.74, 6) is 0.298. The van der Waals surface area contributed by atoms with Crippen molar-refractivity contribution in [1.29, 1.82) is 0 Å². The molecule has 0 spiro atoms. The lowest BCUT2D eigenvalue weighted by Crippen LogP contribution is -2.41. The number of hydrogen-bond donors (Lipinski definition) is 2. The molecule has 1 aromatic rings. The van der Waals surface area contributed by atoms with Gasteiger partial charge in [-0.05, 0) is 12.1 Å². The minimum absolute atomic E-state index is 0.128. The van der Waals surface area contributed by atoms with Crippen molar-refractivity contribution in [2.75, 3.05) is 45.1 Å². The molecule has 3 N–H and O–H groups in total. The molecule has 0 aromatic carbocycles. The molecular weight excluding hydrogens is 268 g/mol. The maximum atomic E-state index is 12.0. The van der Waals surface area contributed by atoms with E-state index in [-0.39, 0.29) is 4.90 Å². The van der Waals surface area contributed by atoms with Crippen LogP contribution in [0.4, 0.5) is 5.82 Å². The summed E-state index contributed by atoms with van der Waals surface area (Å²) in [7, 11) is -3.50. The first kappa shape index (κ1) is 14.2. The van der Waals surface area contributed by atoms with Crippen molar-refractivity contribution < 1.29 is 13.2 Å². The number of nitrogen functional groups attached to an aromatic ring is 1. The van der Waals surface area contributed by atoms with Gasteiger partial charge in [-0.1, -0.05) is 0 Å². The highest BCUT2D eigenvalue weighted by molar-refractivity contribution is 7.89. The van der Waals surface area contributed by atoms with Gasteiger partial charge < -0.3 is 10.5 Å². The molecule has 0 amide bonds. The van der Waals surface area contributed by atoms with E-state index in [1.807, 2.05) is 0 Å². The molecule has 0 atom stereocenters. The Morgan fingerprint density at radius 1 is 1.37 bits per heavy atom. The number of nitrogens with zero attached hydrogens (tertiary/aromatic N) is 2. The summed E-state index contributed by atoms with van der Waals surface area (Å²) < 4.78 is 31.7. The number of anilines is 1. The molecule has 106 valence electrons. The van der Waals surface area contributed by atoms with Crippen LogP contribution in [0.5, 0.6) is 0 Å². The Morgan fingerprint density at radius 3 is 2.74 bits per heavy atom. The van der Waals surface area contributed by atoms with Crippen LogP contribution >= 0.6 is 0 Å². The normalized spacial score (nSPS) is 17.5. The van der Waals surface area contributed by atoms with E-state index in [0.717, 1.165) is 13.1 Å². The molecule has 1 saturated heterocycles. The highest BCUT2D eigenvalue weighted by atomic mass is 32.2. The zero-order valence-electron chi connectivity index (χ0n) is 10.6. The summed E-state index contributed by atoms with van der Waals surface area (Å²) in [6.45, 7) is 4.12. The van der Waals surface area contributed by atoms with Gasteiger partial charge in [0.1, 0.15) is 10.7 Å². The van der Waals surface area contributed by atoms with Crippen LogP contribution in [-0.4, -0.2) is 57.7 Å². The average Bonchev–Trinajstić information content (AvgIpc) is 2.40. The first-order chi connectivity index (χ1) is 9.08. The molecule has 1 aliphatic heterocycles. The highest BCUT2D eigenvalue weighted by Gasteiger charge is 2.15. The van der Waals surface area contributed by atoms with Gasteiger partial charge in [-0.15, -0.1) is 0 Å². The van der Waals surface area contributed by atoms with Crippen LogP contribution in [0, 0.1) is 0 Å². The van der Waals surface area contributed by atoms with Gasteiger partial charge in [0.05, 0.1) is 13.2 Å². The quantitative estimate of drug-likeness (QED) is 0.741. The van der Waals surface area contributed by atoms with Crippen LogP contribution in [0.2, 0.25) is 0 Å². The van der Waals surface area contributed by atoms with Gasteiger partial charge >= 0.3 is 0 Å². The smallest absolute Gasteiger partial charge is 0.242 e. The van der Waals surface area contributed by atoms with E-state index in [4.69, 9.17) is 10.5 Å². The summed E-state index contributed by atoms with van der Waals surface area (Å²) in [5.41, 5.74) is 5.42. The van der Waals surface area contributed by atoms with Crippen LogP contribution in [0.25, 0.3) is 0 Å². The van der Waals surface area contributed by atoms with E-state index >= 15 is 0 Å². The molecule has 1 aromatic heterocycles. The zero-order valence-corrected chi connectivity index (χ0v) is 11.4. The van der Waals surface area contributed by atoms with Gasteiger partial charge in [0.2, 0.25) is 10.0 Å². The molecule has 1 aliphatic rings. The van der Waals surface area contributed by atoms with Crippen LogP contribution in [0.1, 0.15) is 0 Å². The topological polar surface area (TPSA) is 97.5 Å². The van der Waals surface area contributed by atoms with Crippen LogP contribution in [0.3, 0.4) is 0 Å². The minimum Gasteiger partial charge on any atom is -0.384 e. The van der Waals surface area contributed by atoms with E-state index in [1.165, 1.54) is 18.3 Å². The fourth-order valence-electron chi connectivity index (χ4n) is 1.80. The van der Waals surface area contributed by atoms with E-state index in [2.05, 4.69) is 14.6 Å². The third-order valence-electron chi connectivity index (χ3n) is 2.89. The second-order valence-electron chi connectivity index (χ2n) is 4.27. The van der Waals surface area contributed by atoms with Crippen molar-refractivity contribution in [3.8, 4) is 0 Å². The fraction of sp³-hybridized carbons (Fsp3) is 0.545. The number of morpholine rings is 1. The standard InChI is InChI=1S/C11H18N4O3S/c12-11-2-1-10(9-13-11)19(16,17)14-3-4-15-5-7-18-8-6-15/h1-2,9,14H,3-8H2,(H2,12,13). The number of nitrogens with two attached hydrogens (primary N) is 1. The van der Waals surface area contributed by atoms with Crippen molar-refractivity contribution >= 4 is 15.8 Å². The first-order valence-corrected chi connectivity index (χ1v) is 7.57. The second-order valence-corrected chi connectivity index (χ2v) is 6.04. The van der Waals surface area contributed by atoms with Gasteiger partial charge in [-0.25, -0.2) is 18.1 Å². The van der Waals surface area contributed by atoms with Crippen molar-refractivity contribution in [2.45, 2.75) is 4.90 Å². The molecule has 0 bridgehead atoms. The van der Waals surface area contributed by atoms with Gasteiger partial charge in [0.25, 0.3) is 0 Å². The third kappa shape index (κ3) is 4.13. The molecule has 0 saturated carbocycles. The maximum Gasteiger partial charge on any atom is 0.242 e. The van der Waals surface area contributed by atoms with Gasteiger partial charge in [-0.3, -0.25) is 4.90 Å². The zero-order chi connectivity index (χ0) is 13.7. The molecular formula is C11H18N4O3S. The summed E-state index contributed by atoms with van der Waals surface area (Å²) in [4.78, 5) is 6.06. The summed E-state index contributed by atoms with van der Waals surface area (Å²) >= 11 is 0. The summed E-state index contributed by atoms with van der Waals surface area (Å²) in [5, 5.41) is 0. The number of sulfonamides is 1. The molecule has 0 unspecified atom stereocenters. The Bertz CT molecular complexity index is 497. The van der Waals surface area contributed by atoms with Gasteiger partial charge in [-0.2, -0.15) is 0 Å². The third-order valence-corrected chi connectivity index (χ3v) is 4.34. The van der Waals surface area contributed by atoms with Crippen LogP contribution in [0.15, 0.2) is 23.2 Å². The molecule has 0 radical (unpaired) electrons. The van der Waals surface area contributed by atoms with Gasteiger partial charge in [0, 0.05) is 32.4 Å². The van der Waals surface area contributed by atoms with Crippen molar-refractivity contribution in [1.82, 2.24) is 14.6 Å². The van der Waals surface area contributed by atoms with E-state index in [1.54, 1.807) is 0 Å². The van der Waals surface area contributed by atoms with E-state index in [9.17, 15) is 8.42 Å². The lowest BCUT2D eigenvalue weighted by Gasteiger charge is -2.26. The SMILES string of the molecule is Nc1ccc(S(=O)(=O)NCCN2CCOCC2)cn1. The van der Waals surface area contributed by atoms with E-state index < -0.39 is 10.0 Å². The fourth-order valence-corrected chi connectivity index (χ4v) is 2.76. The van der Waals surface area contributed by atoms with Gasteiger partial charge in [0.15, 0.2) is 0 Å². The number of pyridine rings is 1. The predicted octanol–water partition coefficient (Wildman–Crippen LogP) is -0.726. The number of aromatic nitrogens is 1. The Morgan fingerprint density at radius 2 is 2.11 bits per heavy atom. The lowest BCUT2D eigenvalue weighted by molar-refractivity contribution is 0.0390. The van der Waals surface area contributed by atoms with Crippen LogP contribution in [-0.2, 0) is 14.8 Å². The monoisotopic (exact) mass is 286 g/mol. The van der Waals surface area contributed by atoms with E-state index in [0.29, 0.717) is 32.1 Å². The summed E-state index contributed by atoms with van der Waals surface area (Å²) in [6.07, 6.45) is 1.26. The number of nitrogens with one attached hydrogen (secondary N) is 1. The van der Waals surface area contributed by atoms with Crippen LogP contribution < -0.4 is 10.5 Å². The minimum atomic E-state index is -3.50. The number of hydrogen-bond acceptors (Lipinski definition) is 6. The van der Waals surface area contributed by atoms with Crippen molar-refractivity contribution in [3.05, 3.63) is 18.3 Å². The largest absolute Gasteiger partial charge is 0.384 e.